The highest BCUT2D eigenvalue weighted by Crippen LogP contribution is 2.25. The maximum Gasteiger partial charge on any atom is 0.337 e. The molecule has 0 spiro atoms. The lowest BCUT2D eigenvalue weighted by molar-refractivity contribution is 0.0600. The summed E-state index contributed by atoms with van der Waals surface area (Å²) in [6.45, 7) is 3.08. The summed E-state index contributed by atoms with van der Waals surface area (Å²) in [4.78, 5) is 14.1. The standard InChI is InChI=1S/C27H28FNO4/c1-31-27(30)22-5-2-6-24(16-22)29-15-3-4-21(17-29)19-32-18-20-7-11-25(12-8-20)33-26-13-9-23(28)10-14-26/h2,5-14,16,21H,3-4,15,17-19H2,1H3. The Balaban J connectivity index is 1.25. The van der Waals surface area contributed by atoms with Gasteiger partial charge in [0.25, 0.3) is 0 Å². The highest BCUT2D eigenvalue weighted by Gasteiger charge is 2.21. The molecule has 0 saturated carbocycles. The van der Waals surface area contributed by atoms with E-state index in [0.717, 1.165) is 37.2 Å². The number of carbonyl (C=O) groups is 1. The van der Waals surface area contributed by atoms with Crippen LogP contribution < -0.4 is 9.64 Å². The van der Waals surface area contributed by atoms with Crippen LogP contribution in [0.1, 0.15) is 28.8 Å². The van der Waals surface area contributed by atoms with Gasteiger partial charge in [-0.25, -0.2) is 9.18 Å². The van der Waals surface area contributed by atoms with Gasteiger partial charge >= 0.3 is 5.97 Å². The van der Waals surface area contributed by atoms with Gasteiger partial charge in [-0.15, -0.1) is 0 Å². The van der Waals surface area contributed by atoms with Gasteiger partial charge < -0.3 is 19.1 Å². The molecule has 0 aromatic heterocycles. The van der Waals surface area contributed by atoms with Crippen LogP contribution in [0.5, 0.6) is 11.5 Å². The molecule has 33 heavy (non-hydrogen) atoms. The molecule has 1 heterocycles. The minimum Gasteiger partial charge on any atom is -0.465 e. The lowest BCUT2D eigenvalue weighted by Gasteiger charge is -2.34. The molecule has 6 heteroatoms. The summed E-state index contributed by atoms with van der Waals surface area (Å²) >= 11 is 0. The number of benzene rings is 3. The van der Waals surface area contributed by atoms with Crippen molar-refractivity contribution in [1.29, 1.82) is 0 Å². The van der Waals surface area contributed by atoms with Gasteiger partial charge in [-0.2, -0.15) is 0 Å². The quantitative estimate of drug-likeness (QED) is 0.405. The zero-order chi connectivity index (χ0) is 23.0. The molecule has 3 aromatic rings. The van der Waals surface area contributed by atoms with Crippen molar-refractivity contribution in [2.75, 3.05) is 31.7 Å². The Hall–Kier alpha value is -3.38. The Morgan fingerprint density at radius 2 is 1.76 bits per heavy atom. The molecule has 0 aliphatic carbocycles. The molecule has 1 fully saturated rings. The van der Waals surface area contributed by atoms with Crippen molar-refractivity contribution >= 4 is 11.7 Å². The van der Waals surface area contributed by atoms with Gasteiger partial charge in [0, 0.05) is 18.8 Å². The van der Waals surface area contributed by atoms with E-state index in [4.69, 9.17) is 14.2 Å². The fourth-order valence-electron chi connectivity index (χ4n) is 4.02. The van der Waals surface area contributed by atoms with Crippen LogP contribution in [0.4, 0.5) is 10.1 Å². The Kier molecular flexibility index (Phi) is 7.58. The van der Waals surface area contributed by atoms with E-state index >= 15 is 0 Å². The zero-order valence-corrected chi connectivity index (χ0v) is 18.7. The third-order valence-electron chi connectivity index (χ3n) is 5.75. The average molecular weight is 450 g/mol. The van der Waals surface area contributed by atoms with E-state index in [1.807, 2.05) is 42.5 Å². The predicted octanol–water partition coefficient (Wildman–Crippen LogP) is 5.84. The molecule has 0 radical (unpaired) electrons. The molecule has 3 aromatic carbocycles. The molecule has 0 N–H and O–H groups in total. The number of ether oxygens (including phenoxy) is 3. The number of esters is 1. The SMILES string of the molecule is COC(=O)c1cccc(N2CCCC(COCc3ccc(Oc4ccc(F)cc4)cc3)C2)c1. The van der Waals surface area contributed by atoms with Gasteiger partial charge in [-0.05, 0) is 78.9 Å². The van der Waals surface area contributed by atoms with Crippen LogP contribution >= 0.6 is 0 Å². The monoisotopic (exact) mass is 449 g/mol. The topological polar surface area (TPSA) is 48.0 Å². The largest absolute Gasteiger partial charge is 0.465 e. The van der Waals surface area contributed by atoms with Gasteiger partial charge in [0.1, 0.15) is 17.3 Å². The molecule has 1 atom stereocenters. The second-order valence-electron chi connectivity index (χ2n) is 8.21. The lowest BCUT2D eigenvalue weighted by Crippen LogP contribution is -2.37. The minimum absolute atomic E-state index is 0.286. The predicted molar refractivity (Wildman–Crippen MR) is 125 cm³/mol. The van der Waals surface area contributed by atoms with Crippen LogP contribution in [0.3, 0.4) is 0 Å². The Labute approximate surface area is 193 Å². The first-order valence-electron chi connectivity index (χ1n) is 11.1. The minimum atomic E-state index is -0.317. The summed E-state index contributed by atoms with van der Waals surface area (Å²) in [7, 11) is 1.40. The van der Waals surface area contributed by atoms with Crippen molar-refractivity contribution < 1.29 is 23.4 Å². The third kappa shape index (κ3) is 6.33. The summed E-state index contributed by atoms with van der Waals surface area (Å²) < 4.78 is 29.6. The van der Waals surface area contributed by atoms with Crippen molar-refractivity contribution in [3.05, 3.63) is 89.7 Å². The van der Waals surface area contributed by atoms with Crippen molar-refractivity contribution in [3.63, 3.8) is 0 Å². The summed E-state index contributed by atoms with van der Waals surface area (Å²) in [5.41, 5.74) is 2.68. The van der Waals surface area contributed by atoms with Crippen LogP contribution in [-0.4, -0.2) is 32.8 Å². The molecular formula is C27H28FNO4. The van der Waals surface area contributed by atoms with Gasteiger partial charge in [0.15, 0.2) is 0 Å². The summed E-state index contributed by atoms with van der Waals surface area (Å²) in [6.07, 6.45) is 2.21. The third-order valence-corrected chi connectivity index (χ3v) is 5.75. The number of anilines is 1. The molecule has 5 nitrogen and oxygen atoms in total. The number of hydrogen-bond acceptors (Lipinski definition) is 5. The summed E-state index contributed by atoms with van der Waals surface area (Å²) in [5.74, 6) is 1.12. The first-order chi connectivity index (χ1) is 16.1. The summed E-state index contributed by atoms with van der Waals surface area (Å²) in [5, 5.41) is 0. The number of carbonyl (C=O) groups excluding carboxylic acids is 1. The number of nitrogens with zero attached hydrogens (tertiary/aromatic N) is 1. The Morgan fingerprint density at radius 3 is 2.48 bits per heavy atom. The van der Waals surface area contributed by atoms with Gasteiger partial charge in [0.05, 0.1) is 25.9 Å². The molecule has 1 aliphatic rings. The van der Waals surface area contributed by atoms with Crippen molar-refractivity contribution in [3.8, 4) is 11.5 Å². The van der Waals surface area contributed by atoms with E-state index in [2.05, 4.69) is 4.90 Å². The van der Waals surface area contributed by atoms with Crippen LogP contribution in [0.15, 0.2) is 72.8 Å². The molecule has 1 unspecified atom stereocenters. The van der Waals surface area contributed by atoms with Crippen molar-refractivity contribution in [1.82, 2.24) is 0 Å². The lowest BCUT2D eigenvalue weighted by atomic mass is 9.98. The first-order valence-corrected chi connectivity index (χ1v) is 11.1. The normalized spacial score (nSPS) is 15.8. The van der Waals surface area contributed by atoms with E-state index < -0.39 is 0 Å². The van der Waals surface area contributed by atoms with Crippen molar-refractivity contribution in [2.45, 2.75) is 19.4 Å². The highest BCUT2D eigenvalue weighted by molar-refractivity contribution is 5.90. The van der Waals surface area contributed by atoms with E-state index in [0.29, 0.717) is 36.2 Å². The fourth-order valence-corrected chi connectivity index (χ4v) is 4.02. The van der Waals surface area contributed by atoms with Crippen LogP contribution in [0, 0.1) is 11.7 Å². The number of rotatable bonds is 8. The number of methoxy groups -OCH3 is 1. The molecular weight excluding hydrogens is 421 g/mol. The number of halogens is 1. The van der Waals surface area contributed by atoms with E-state index in [-0.39, 0.29) is 11.8 Å². The van der Waals surface area contributed by atoms with E-state index in [9.17, 15) is 9.18 Å². The molecule has 0 amide bonds. The number of piperidine rings is 1. The molecule has 1 aliphatic heterocycles. The number of hydrogen-bond donors (Lipinski definition) is 0. The van der Waals surface area contributed by atoms with Crippen molar-refractivity contribution in [2.24, 2.45) is 5.92 Å². The van der Waals surface area contributed by atoms with E-state index in [1.54, 1.807) is 18.2 Å². The second-order valence-corrected chi connectivity index (χ2v) is 8.21. The average Bonchev–Trinajstić information content (AvgIpc) is 2.86. The fraction of sp³-hybridized carbons (Fsp3) is 0.296. The van der Waals surface area contributed by atoms with Crippen LogP contribution in [0.2, 0.25) is 0 Å². The Morgan fingerprint density at radius 1 is 1.03 bits per heavy atom. The maximum absolute atomic E-state index is 13.0. The van der Waals surface area contributed by atoms with Gasteiger partial charge in [-0.3, -0.25) is 0 Å². The molecule has 172 valence electrons. The zero-order valence-electron chi connectivity index (χ0n) is 18.7. The van der Waals surface area contributed by atoms with Crippen LogP contribution in [-0.2, 0) is 16.1 Å². The summed E-state index contributed by atoms with van der Waals surface area (Å²) in [6, 6.07) is 21.3. The smallest absolute Gasteiger partial charge is 0.337 e. The second kappa shape index (κ2) is 11.0. The van der Waals surface area contributed by atoms with Crippen LogP contribution in [0.25, 0.3) is 0 Å². The van der Waals surface area contributed by atoms with Gasteiger partial charge in [0.2, 0.25) is 0 Å². The first kappa shape index (κ1) is 22.8. The van der Waals surface area contributed by atoms with Gasteiger partial charge in [-0.1, -0.05) is 18.2 Å². The molecule has 1 saturated heterocycles. The molecule has 0 bridgehead atoms. The maximum atomic E-state index is 13.0. The highest BCUT2D eigenvalue weighted by atomic mass is 19.1. The molecule has 4 rings (SSSR count). The Bertz CT molecular complexity index is 1050. The van der Waals surface area contributed by atoms with E-state index in [1.165, 1.54) is 19.2 Å².